The van der Waals surface area contributed by atoms with Crippen LogP contribution in [-0.4, -0.2) is 17.5 Å². The van der Waals surface area contributed by atoms with Gasteiger partial charge in [0.15, 0.2) is 17.8 Å². The van der Waals surface area contributed by atoms with E-state index in [4.69, 9.17) is 13.9 Å². The summed E-state index contributed by atoms with van der Waals surface area (Å²) < 4.78 is 16.7. The van der Waals surface area contributed by atoms with Crippen molar-refractivity contribution in [3.63, 3.8) is 0 Å². The molecule has 1 unspecified atom stereocenters. The van der Waals surface area contributed by atoms with Crippen molar-refractivity contribution in [1.29, 1.82) is 0 Å². The molecule has 6 heteroatoms. The van der Waals surface area contributed by atoms with Crippen LogP contribution in [0.4, 0.5) is 0 Å². The molecule has 0 saturated carbocycles. The monoisotopic (exact) mass is 392 g/mol. The van der Waals surface area contributed by atoms with Crippen molar-refractivity contribution in [1.82, 2.24) is 10.3 Å². The number of ether oxygens (including phenoxy) is 2. The van der Waals surface area contributed by atoms with Crippen molar-refractivity contribution in [2.45, 2.75) is 38.7 Å². The molecule has 1 amide bonds. The van der Waals surface area contributed by atoms with Crippen molar-refractivity contribution in [3.8, 4) is 0 Å². The zero-order valence-corrected chi connectivity index (χ0v) is 16.2. The summed E-state index contributed by atoms with van der Waals surface area (Å²) in [6.45, 7) is 2.24. The highest BCUT2D eigenvalue weighted by Gasteiger charge is 2.27. The number of carbonyl (C=O) groups excluding carboxylic acids is 1. The van der Waals surface area contributed by atoms with E-state index in [1.807, 2.05) is 54.6 Å². The molecule has 4 rings (SSSR count). The highest BCUT2D eigenvalue weighted by atomic mass is 16.5. The van der Waals surface area contributed by atoms with E-state index in [0.29, 0.717) is 37.8 Å². The Morgan fingerprint density at radius 1 is 1.03 bits per heavy atom. The van der Waals surface area contributed by atoms with Gasteiger partial charge in [0.25, 0.3) is 5.91 Å². The number of nitrogens with zero attached hydrogens (tertiary/aromatic N) is 1. The number of hydrogen-bond donors (Lipinski definition) is 1. The highest BCUT2D eigenvalue weighted by molar-refractivity contribution is 5.93. The summed E-state index contributed by atoms with van der Waals surface area (Å²) in [5.74, 6) is 0.269. The summed E-state index contributed by atoms with van der Waals surface area (Å²) in [5, 5.41) is 2.90. The molecule has 1 fully saturated rings. The van der Waals surface area contributed by atoms with Crippen LogP contribution in [0.15, 0.2) is 65.4 Å². The third kappa shape index (κ3) is 5.10. The van der Waals surface area contributed by atoms with Gasteiger partial charge < -0.3 is 19.2 Å². The van der Waals surface area contributed by atoms with E-state index in [-0.39, 0.29) is 12.0 Å². The van der Waals surface area contributed by atoms with Crippen LogP contribution in [0.25, 0.3) is 0 Å². The minimum atomic E-state index is -0.250. The first-order valence-electron chi connectivity index (χ1n) is 9.82. The van der Waals surface area contributed by atoms with Crippen LogP contribution in [0.3, 0.4) is 0 Å². The SMILES string of the molecule is O=C(NCc1ccc(COCc2ccccc2)cc1)c1ncoc1C1CCCO1. The quantitative estimate of drug-likeness (QED) is 0.623. The van der Waals surface area contributed by atoms with Gasteiger partial charge in [-0.15, -0.1) is 0 Å². The Morgan fingerprint density at radius 3 is 2.48 bits per heavy atom. The average Bonchev–Trinajstić information content (AvgIpc) is 3.45. The second-order valence-electron chi connectivity index (χ2n) is 7.04. The summed E-state index contributed by atoms with van der Waals surface area (Å²) in [4.78, 5) is 16.6. The van der Waals surface area contributed by atoms with Gasteiger partial charge in [0, 0.05) is 13.2 Å². The van der Waals surface area contributed by atoms with Gasteiger partial charge in [-0.25, -0.2) is 4.98 Å². The van der Waals surface area contributed by atoms with E-state index >= 15 is 0 Å². The topological polar surface area (TPSA) is 73.6 Å². The van der Waals surface area contributed by atoms with Gasteiger partial charge in [-0.3, -0.25) is 4.79 Å². The Kier molecular flexibility index (Phi) is 6.34. The van der Waals surface area contributed by atoms with Crippen molar-refractivity contribution in [2.75, 3.05) is 6.61 Å². The van der Waals surface area contributed by atoms with Crippen molar-refractivity contribution in [2.24, 2.45) is 0 Å². The summed E-state index contributed by atoms with van der Waals surface area (Å²) in [7, 11) is 0. The summed E-state index contributed by atoms with van der Waals surface area (Å²) >= 11 is 0. The summed E-state index contributed by atoms with van der Waals surface area (Å²) in [5.41, 5.74) is 3.56. The van der Waals surface area contributed by atoms with E-state index in [0.717, 1.165) is 29.5 Å². The van der Waals surface area contributed by atoms with E-state index in [9.17, 15) is 4.79 Å². The zero-order valence-electron chi connectivity index (χ0n) is 16.2. The van der Waals surface area contributed by atoms with Crippen LogP contribution in [0.2, 0.25) is 0 Å². The first kappa shape index (κ1) is 19.4. The van der Waals surface area contributed by atoms with Crippen molar-refractivity contribution < 1.29 is 18.7 Å². The predicted octanol–water partition coefficient (Wildman–Crippen LogP) is 4.17. The van der Waals surface area contributed by atoms with Gasteiger partial charge in [-0.2, -0.15) is 0 Å². The van der Waals surface area contributed by atoms with E-state index in [1.165, 1.54) is 6.39 Å². The lowest BCUT2D eigenvalue weighted by atomic mass is 10.1. The highest BCUT2D eigenvalue weighted by Crippen LogP contribution is 2.30. The molecular formula is C23H24N2O4. The van der Waals surface area contributed by atoms with Crippen molar-refractivity contribution >= 4 is 5.91 Å². The molecule has 6 nitrogen and oxygen atoms in total. The number of benzene rings is 2. The molecule has 29 heavy (non-hydrogen) atoms. The fourth-order valence-electron chi connectivity index (χ4n) is 3.32. The lowest BCUT2D eigenvalue weighted by Crippen LogP contribution is -2.24. The first-order valence-corrected chi connectivity index (χ1v) is 9.82. The molecule has 1 aliphatic rings. The lowest BCUT2D eigenvalue weighted by Gasteiger charge is -2.09. The third-order valence-electron chi connectivity index (χ3n) is 4.89. The fraction of sp³-hybridized carbons (Fsp3) is 0.304. The van der Waals surface area contributed by atoms with Crippen LogP contribution < -0.4 is 5.32 Å². The van der Waals surface area contributed by atoms with Gasteiger partial charge in [0.05, 0.1) is 13.2 Å². The standard InChI is InChI=1S/C23H24N2O4/c26-23(21-22(29-16-25-21)20-7-4-12-28-20)24-13-17-8-10-19(11-9-17)15-27-14-18-5-2-1-3-6-18/h1-3,5-6,8-11,16,20H,4,7,12-15H2,(H,24,26). The van der Waals surface area contributed by atoms with Crippen LogP contribution >= 0.6 is 0 Å². The molecule has 1 N–H and O–H groups in total. The molecule has 3 aromatic rings. The van der Waals surface area contributed by atoms with Gasteiger partial charge in [0.2, 0.25) is 0 Å². The number of carbonyl (C=O) groups is 1. The van der Waals surface area contributed by atoms with Gasteiger partial charge in [-0.1, -0.05) is 54.6 Å². The molecule has 150 valence electrons. The smallest absolute Gasteiger partial charge is 0.273 e. The third-order valence-corrected chi connectivity index (χ3v) is 4.89. The maximum Gasteiger partial charge on any atom is 0.273 e. The molecule has 0 radical (unpaired) electrons. The normalized spacial score (nSPS) is 16.1. The number of nitrogens with one attached hydrogen (secondary N) is 1. The summed E-state index contributed by atoms with van der Waals surface area (Å²) in [6, 6.07) is 18.1. The number of amides is 1. The van der Waals surface area contributed by atoms with Gasteiger partial charge in [-0.05, 0) is 29.5 Å². The number of hydrogen-bond acceptors (Lipinski definition) is 5. The van der Waals surface area contributed by atoms with Crippen LogP contribution in [-0.2, 0) is 29.2 Å². The molecular weight excluding hydrogens is 368 g/mol. The Balaban J connectivity index is 1.26. The second kappa shape index (κ2) is 9.49. The summed E-state index contributed by atoms with van der Waals surface area (Å²) in [6.07, 6.45) is 2.95. The van der Waals surface area contributed by atoms with Gasteiger partial charge in [0.1, 0.15) is 6.10 Å². The first-order chi connectivity index (χ1) is 14.3. The number of aromatic nitrogens is 1. The zero-order chi connectivity index (χ0) is 19.9. The Hall–Kier alpha value is -2.96. The molecule has 1 saturated heterocycles. The molecule has 2 aromatic carbocycles. The Labute approximate surface area is 169 Å². The average molecular weight is 392 g/mol. The molecule has 0 aliphatic carbocycles. The van der Waals surface area contributed by atoms with Crippen LogP contribution in [0.1, 0.15) is 51.9 Å². The number of oxazole rings is 1. The van der Waals surface area contributed by atoms with Gasteiger partial charge >= 0.3 is 0 Å². The lowest BCUT2D eigenvalue weighted by molar-refractivity contribution is 0.0860. The molecule has 1 aliphatic heterocycles. The maximum atomic E-state index is 12.5. The largest absolute Gasteiger partial charge is 0.445 e. The van der Waals surface area contributed by atoms with Crippen molar-refractivity contribution in [3.05, 3.63) is 89.1 Å². The molecule has 0 bridgehead atoms. The Bertz CT molecular complexity index is 916. The Morgan fingerprint density at radius 2 is 1.76 bits per heavy atom. The van der Waals surface area contributed by atoms with E-state index in [2.05, 4.69) is 10.3 Å². The number of rotatable bonds is 8. The predicted molar refractivity (Wildman–Crippen MR) is 107 cm³/mol. The molecule has 0 spiro atoms. The minimum Gasteiger partial charge on any atom is -0.445 e. The van der Waals surface area contributed by atoms with Crippen LogP contribution in [0.5, 0.6) is 0 Å². The van der Waals surface area contributed by atoms with Crippen LogP contribution in [0, 0.1) is 0 Å². The second-order valence-corrected chi connectivity index (χ2v) is 7.04. The molecule has 1 aromatic heterocycles. The van der Waals surface area contributed by atoms with E-state index < -0.39 is 0 Å². The minimum absolute atomic E-state index is 0.173. The molecule has 2 heterocycles. The molecule has 1 atom stereocenters. The van der Waals surface area contributed by atoms with E-state index in [1.54, 1.807) is 0 Å². The maximum absolute atomic E-state index is 12.5. The fourth-order valence-corrected chi connectivity index (χ4v) is 3.32.